The van der Waals surface area contributed by atoms with Gasteiger partial charge in [-0.25, -0.2) is 4.39 Å². The maximum atomic E-state index is 13.1. The highest BCUT2D eigenvalue weighted by Gasteiger charge is 2.30. The number of rotatable bonds is 7. The molecule has 1 amide bonds. The van der Waals surface area contributed by atoms with E-state index in [-0.39, 0.29) is 12.5 Å². The topological polar surface area (TPSA) is 85.3 Å². The molecular formula is C20H24FN5O. The van der Waals surface area contributed by atoms with Gasteiger partial charge in [-0.3, -0.25) is 9.20 Å². The number of nitrogens with zero attached hydrogens (tertiary/aromatic N) is 3. The van der Waals surface area contributed by atoms with Crippen molar-refractivity contribution in [3.05, 3.63) is 65.6 Å². The van der Waals surface area contributed by atoms with E-state index in [1.54, 1.807) is 36.6 Å². The zero-order valence-electron chi connectivity index (χ0n) is 15.5. The minimum atomic E-state index is -0.709. The highest BCUT2D eigenvalue weighted by molar-refractivity contribution is 5.82. The summed E-state index contributed by atoms with van der Waals surface area (Å²) in [5.74, 6) is 0.398. The number of hydrogen-bond donors (Lipinski definition) is 2. The Kier molecular flexibility index (Phi) is 5.51. The Morgan fingerprint density at radius 3 is 2.59 bits per heavy atom. The Hall–Kier alpha value is -2.80. The lowest BCUT2D eigenvalue weighted by Gasteiger charge is -2.25. The first-order chi connectivity index (χ1) is 12.9. The molecule has 0 unspecified atom stereocenters. The normalized spacial score (nSPS) is 12.9. The summed E-state index contributed by atoms with van der Waals surface area (Å²) < 4.78 is 14.8. The molecule has 142 valence electrons. The average molecular weight is 369 g/mol. The second-order valence-corrected chi connectivity index (χ2v) is 7.26. The highest BCUT2D eigenvalue weighted by Crippen LogP contribution is 2.22. The van der Waals surface area contributed by atoms with Crippen molar-refractivity contribution >= 4 is 11.6 Å². The van der Waals surface area contributed by atoms with Gasteiger partial charge >= 0.3 is 0 Å². The van der Waals surface area contributed by atoms with E-state index in [1.165, 1.54) is 0 Å². The van der Waals surface area contributed by atoms with Crippen LogP contribution in [-0.4, -0.2) is 27.0 Å². The van der Waals surface area contributed by atoms with Crippen LogP contribution in [0.2, 0.25) is 0 Å². The summed E-state index contributed by atoms with van der Waals surface area (Å²) in [5, 5.41) is 11.5. The summed E-state index contributed by atoms with van der Waals surface area (Å²) in [6.45, 7) is 3.24. The van der Waals surface area contributed by atoms with Gasteiger partial charge in [-0.15, -0.1) is 10.2 Å². The maximum Gasteiger partial charge on any atom is 0.227 e. The third-order valence-electron chi connectivity index (χ3n) is 4.67. The number of carbonyl (C=O) groups is 1. The Labute approximate surface area is 157 Å². The van der Waals surface area contributed by atoms with Gasteiger partial charge < -0.3 is 11.1 Å². The van der Waals surface area contributed by atoms with E-state index >= 15 is 0 Å². The van der Waals surface area contributed by atoms with Crippen LogP contribution < -0.4 is 11.1 Å². The average Bonchev–Trinajstić information content (AvgIpc) is 3.11. The molecule has 0 bridgehead atoms. The van der Waals surface area contributed by atoms with Crippen LogP contribution in [0.3, 0.4) is 0 Å². The molecule has 0 fully saturated rings. The molecule has 3 aromatic rings. The van der Waals surface area contributed by atoms with Crippen molar-refractivity contribution in [1.82, 2.24) is 19.9 Å². The van der Waals surface area contributed by atoms with Gasteiger partial charge in [0.25, 0.3) is 0 Å². The van der Waals surface area contributed by atoms with Crippen molar-refractivity contribution < 1.29 is 9.18 Å². The fourth-order valence-corrected chi connectivity index (χ4v) is 2.77. The van der Waals surface area contributed by atoms with E-state index in [4.69, 9.17) is 5.73 Å². The van der Waals surface area contributed by atoms with Gasteiger partial charge in [-0.1, -0.05) is 36.4 Å². The number of halogens is 1. The summed E-state index contributed by atoms with van der Waals surface area (Å²) in [5.41, 5.74) is 7.21. The number of aromatic nitrogens is 3. The molecule has 3 rings (SSSR count). The molecule has 0 saturated heterocycles. The highest BCUT2D eigenvalue weighted by atomic mass is 19.1. The number of carbonyl (C=O) groups excluding carboxylic acids is 1. The number of nitrogens with two attached hydrogens (primary N) is 1. The fraction of sp³-hybridized carbons (Fsp3) is 0.350. The lowest BCUT2D eigenvalue weighted by molar-refractivity contribution is -0.129. The van der Waals surface area contributed by atoms with E-state index in [0.29, 0.717) is 23.5 Å². The van der Waals surface area contributed by atoms with Gasteiger partial charge in [-0.05, 0) is 37.5 Å². The summed E-state index contributed by atoms with van der Waals surface area (Å²) >= 11 is 0. The molecule has 1 aromatic carbocycles. The van der Waals surface area contributed by atoms with Crippen molar-refractivity contribution in [2.75, 3.05) is 6.54 Å². The molecule has 1 atom stereocenters. The molecular weight excluding hydrogens is 345 g/mol. The Balaban J connectivity index is 2.00. The lowest BCUT2D eigenvalue weighted by Crippen LogP contribution is -2.44. The summed E-state index contributed by atoms with van der Waals surface area (Å²) in [6, 6.07) is 12.8. The Morgan fingerprint density at radius 1 is 1.19 bits per heavy atom. The number of fused-ring (bicyclic) bond motifs is 1. The van der Waals surface area contributed by atoms with Gasteiger partial charge in [0, 0.05) is 12.7 Å². The van der Waals surface area contributed by atoms with E-state index < -0.39 is 18.1 Å². The first-order valence-electron chi connectivity index (χ1n) is 8.89. The molecule has 0 radical (unpaired) electrons. The van der Waals surface area contributed by atoms with E-state index in [0.717, 1.165) is 5.56 Å². The SMILES string of the molecule is CC(C)(CN)C(=O)N[C@H](Cc1ccccc1)c1nnc2ccc(CF)cn12. The molecule has 2 aromatic heterocycles. The van der Waals surface area contributed by atoms with Crippen molar-refractivity contribution in [2.45, 2.75) is 33.0 Å². The largest absolute Gasteiger partial charge is 0.345 e. The van der Waals surface area contributed by atoms with Crippen LogP contribution in [0.5, 0.6) is 0 Å². The van der Waals surface area contributed by atoms with E-state index in [9.17, 15) is 9.18 Å². The molecule has 2 heterocycles. The minimum absolute atomic E-state index is 0.163. The van der Waals surface area contributed by atoms with Crippen molar-refractivity contribution in [3.8, 4) is 0 Å². The number of hydrogen-bond acceptors (Lipinski definition) is 4. The molecule has 7 heteroatoms. The smallest absolute Gasteiger partial charge is 0.227 e. The number of benzene rings is 1. The van der Waals surface area contributed by atoms with Gasteiger partial charge in [0.2, 0.25) is 5.91 Å². The molecule has 0 aliphatic carbocycles. The molecule has 0 aliphatic heterocycles. The molecule has 3 N–H and O–H groups in total. The van der Waals surface area contributed by atoms with Gasteiger partial charge in [0.15, 0.2) is 11.5 Å². The van der Waals surface area contributed by atoms with Crippen LogP contribution >= 0.6 is 0 Å². The zero-order chi connectivity index (χ0) is 19.4. The van der Waals surface area contributed by atoms with Gasteiger partial charge in [0.1, 0.15) is 6.67 Å². The third kappa shape index (κ3) is 4.14. The van der Waals surface area contributed by atoms with Crippen LogP contribution in [0, 0.1) is 5.41 Å². The van der Waals surface area contributed by atoms with Crippen LogP contribution in [0.1, 0.15) is 36.8 Å². The summed E-state index contributed by atoms with van der Waals surface area (Å²) in [6.07, 6.45) is 2.21. The summed E-state index contributed by atoms with van der Waals surface area (Å²) in [7, 11) is 0. The molecule has 27 heavy (non-hydrogen) atoms. The fourth-order valence-electron chi connectivity index (χ4n) is 2.77. The first kappa shape index (κ1) is 19.0. The maximum absolute atomic E-state index is 13.1. The number of nitrogens with one attached hydrogen (secondary N) is 1. The van der Waals surface area contributed by atoms with E-state index in [2.05, 4.69) is 15.5 Å². The third-order valence-corrected chi connectivity index (χ3v) is 4.67. The second-order valence-electron chi connectivity index (χ2n) is 7.26. The molecule has 0 saturated carbocycles. The van der Waals surface area contributed by atoms with Crippen molar-refractivity contribution in [1.29, 1.82) is 0 Å². The van der Waals surface area contributed by atoms with E-state index in [1.807, 2.05) is 30.3 Å². The quantitative estimate of drug-likeness (QED) is 0.670. The monoisotopic (exact) mass is 369 g/mol. The molecule has 6 nitrogen and oxygen atoms in total. The predicted octanol–water partition coefficient (Wildman–Crippen LogP) is 2.58. The summed E-state index contributed by atoms with van der Waals surface area (Å²) in [4.78, 5) is 12.7. The van der Waals surface area contributed by atoms with Crippen molar-refractivity contribution in [2.24, 2.45) is 11.1 Å². The predicted molar refractivity (Wildman–Crippen MR) is 102 cm³/mol. The van der Waals surface area contributed by atoms with Crippen LogP contribution in [0.15, 0.2) is 48.7 Å². The number of alkyl halides is 1. The second kappa shape index (κ2) is 7.84. The first-order valence-corrected chi connectivity index (χ1v) is 8.89. The van der Waals surface area contributed by atoms with Crippen LogP contribution in [0.25, 0.3) is 5.65 Å². The van der Waals surface area contributed by atoms with Crippen LogP contribution in [0.4, 0.5) is 4.39 Å². The minimum Gasteiger partial charge on any atom is -0.345 e. The standard InChI is InChI=1S/C20H24FN5O/c1-20(2,13-22)19(27)23-16(10-14-6-4-3-5-7-14)18-25-24-17-9-8-15(11-21)12-26(17)18/h3-9,12,16H,10-11,13,22H2,1-2H3,(H,23,27)/t16-/m1/s1. The molecule has 0 spiro atoms. The number of pyridine rings is 1. The van der Waals surface area contributed by atoms with Gasteiger partial charge in [0.05, 0.1) is 11.5 Å². The van der Waals surface area contributed by atoms with Crippen molar-refractivity contribution in [3.63, 3.8) is 0 Å². The molecule has 0 aliphatic rings. The van der Waals surface area contributed by atoms with Gasteiger partial charge in [-0.2, -0.15) is 0 Å². The number of amides is 1. The Morgan fingerprint density at radius 2 is 1.93 bits per heavy atom. The Bertz CT molecular complexity index is 923. The lowest BCUT2D eigenvalue weighted by atomic mass is 9.92. The van der Waals surface area contributed by atoms with Crippen LogP contribution in [-0.2, 0) is 17.9 Å². The zero-order valence-corrected chi connectivity index (χ0v) is 15.5.